The third-order valence-electron chi connectivity index (χ3n) is 4.53. The summed E-state index contributed by atoms with van der Waals surface area (Å²) in [5, 5.41) is 0.612. The molecule has 152 valence electrons. The molecule has 0 atom stereocenters. The van der Waals surface area contributed by atoms with Crippen LogP contribution < -0.4 is 9.47 Å². The first-order chi connectivity index (χ1) is 12.7. The first-order valence-electron chi connectivity index (χ1n) is 9.51. The Kier molecular flexibility index (Phi) is 6.20. The van der Waals surface area contributed by atoms with Crippen LogP contribution in [0.2, 0.25) is 5.02 Å². The minimum absolute atomic E-state index is 0.0578. The molecule has 0 heterocycles. The molecule has 28 heavy (non-hydrogen) atoms. The maximum atomic E-state index is 12.9. The lowest BCUT2D eigenvalue weighted by molar-refractivity contribution is -0.149. The van der Waals surface area contributed by atoms with E-state index in [0.717, 1.165) is 11.1 Å². The second-order valence-electron chi connectivity index (χ2n) is 9.70. The molecule has 3 nitrogen and oxygen atoms in total. The Bertz CT molecular complexity index is 805. The minimum atomic E-state index is -1.15. The molecular weight excluding hydrogens is 372 g/mol. The molecule has 0 N–H and O–H groups in total. The van der Waals surface area contributed by atoms with Crippen LogP contribution in [0.5, 0.6) is 11.5 Å². The van der Waals surface area contributed by atoms with E-state index >= 15 is 0 Å². The van der Waals surface area contributed by atoms with Gasteiger partial charge in [0.1, 0.15) is 11.5 Å². The van der Waals surface area contributed by atoms with Crippen molar-refractivity contribution in [2.45, 2.75) is 71.8 Å². The van der Waals surface area contributed by atoms with E-state index in [0.29, 0.717) is 16.5 Å². The number of hydrogen-bond donors (Lipinski definition) is 0. The summed E-state index contributed by atoms with van der Waals surface area (Å²) in [5.41, 5.74) is 0.987. The summed E-state index contributed by atoms with van der Waals surface area (Å²) in [6.45, 7) is 16.3. The summed E-state index contributed by atoms with van der Waals surface area (Å²) < 4.78 is 11.6. The van der Waals surface area contributed by atoms with Crippen LogP contribution in [-0.4, -0.2) is 11.6 Å². The van der Waals surface area contributed by atoms with E-state index in [4.69, 9.17) is 21.1 Å². The largest absolute Gasteiger partial charge is 0.476 e. The van der Waals surface area contributed by atoms with Crippen molar-refractivity contribution in [1.29, 1.82) is 0 Å². The van der Waals surface area contributed by atoms with Gasteiger partial charge in [0, 0.05) is 5.02 Å². The summed E-state index contributed by atoms with van der Waals surface area (Å²) in [4.78, 5) is 12.9. The van der Waals surface area contributed by atoms with E-state index in [9.17, 15) is 4.79 Å². The van der Waals surface area contributed by atoms with E-state index < -0.39 is 11.6 Å². The van der Waals surface area contributed by atoms with Gasteiger partial charge in [-0.1, -0.05) is 59.2 Å². The second-order valence-corrected chi connectivity index (χ2v) is 10.1. The second kappa shape index (κ2) is 7.79. The molecular formula is C24H31ClO3. The summed E-state index contributed by atoms with van der Waals surface area (Å²) >= 11 is 5.91. The van der Waals surface area contributed by atoms with Gasteiger partial charge < -0.3 is 9.47 Å². The lowest BCUT2D eigenvalue weighted by atomic mass is 9.80. The van der Waals surface area contributed by atoms with Crippen LogP contribution >= 0.6 is 11.6 Å². The van der Waals surface area contributed by atoms with Gasteiger partial charge in [-0.25, -0.2) is 4.79 Å². The molecule has 4 heteroatoms. The molecule has 0 spiro atoms. The smallest absolute Gasteiger partial charge is 0.355 e. The van der Waals surface area contributed by atoms with Gasteiger partial charge in [0.05, 0.1) is 0 Å². The fraction of sp³-hybridized carbons (Fsp3) is 0.458. The van der Waals surface area contributed by atoms with Gasteiger partial charge in [-0.15, -0.1) is 0 Å². The number of benzene rings is 2. The standard InChI is InChI=1S/C24H31ClO3/c1-22(2,3)16-13-17(23(4,5)6)15-20(14-16)27-21(26)24(7,8)28-19-11-9-18(25)10-12-19/h9-15H,1-8H3. The van der Waals surface area contributed by atoms with Crippen LogP contribution in [0.15, 0.2) is 42.5 Å². The number of rotatable bonds is 4. The maximum absolute atomic E-state index is 12.9. The molecule has 0 aliphatic carbocycles. The van der Waals surface area contributed by atoms with Gasteiger partial charge in [0.15, 0.2) is 0 Å². The van der Waals surface area contributed by atoms with Crippen molar-refractivity contribution < 1.29 is 14.3 Å². The predicted octanol–water partition coefficient (Wildman–Crippen LogP) is 6.70. The van der Waals surface area contributed by atoms with E-state index in [1.807, 2.05) is 12.1 Å². The van der Waals surface area contributed by atoms with Gasteiger partial charge in [-0.3, -0.25) is 0 Å². The molecule has 0 fully saturated rings. The van der Waals surface area contributed by atoms with Gasteiger partial charge in [-0.05, 0) is 72.2 Å². The van der Waals surface area contributed by atoms with Crippen LogP contribution in [0.25, 0.3) is 0 Å². The quantitative estimate of drug-likeness (QED) is 0.421. The highest BCUT2D eigenvalue weighted by Crippen LogP contribution is 2.33. The third kappa shape index (κ3) is 5.75. The Morgan fingerprint density at radius 3 is 1.64 bits per heavy atom. The summed E-state index contributed by atoms with van der Waals surface area (Å²) in [5.74, 6) is 0.647. The number of ether oxygens (including phenoxy) is 2. The molecule has 0 radical (unpaired) electrons. The lowest BCUT2D eigenvalue weighted by Gasteiger charge is -2.27. The van der Waals surface area contributed by atoms with E-state index in [2.05, 4.69) is 47.6 Å². The first-order valence-corrected chi connectivity index (χ1v) is 9.89. The molecule has 0 bridgehead atoms. The Balaban J connectivity index is 2.29. The van der Waals surface area contributed by atoms with Crippen molar-refractivity contribution in [3.8, 4) is 11.5 Å². The Labute approximate surface area is 174 Å². The molecule has 0 saturated heterocycles. The van der Waals surface area contributed by atoms with Crippen LogP contribution in [-0.2, 0) is 15.6 Å². The van der Waals surface area contributed by atoms with Crippen molar-refractivity contribution in [2.24, 2.45) is 0 Å². The topological polar surface area (TPSA) is 35.5 Å². The zero-order chi connectivity index (χ0) is 21.3. The lowest BCUT2D eigenvalue weighted by Crippen LogP contribution is -2.41. The van der Waals surface area contributed by atoms with Crippen LogP contribution in [0.4, 0.5) is 0 Å². The number of carbonyl (C=O) groups excluding carboxylic acids is 1. The van der Waals surface area contributed by atoms with Gasteiger partial charge in [-0.2, -0.15) is 0 Å². The van der Waals surface area contributed by atoms with Crippen molar-refractivity contribution >= 4 is 17.6 Å². The molecule has 0 aliphatic heterocycles. The average molecular weight is 403 g/mol. The molecule has 2 rings (SSSR count). The summed E-state index contributed by atoms with van der Waals surface area (Å²) in [6.07, 6.45) is 0. The highest BCUT2D eigenvalue weighted by atomic mass is 35.5. The minimum Gasteiger partial charge on any atom is -0.476 e. The van der Waals surface area contributed by atoms with Gasteiger partial charge in [0.25, 0.3) is 0 Å². The van der Waals surface area contributed by atoms with Crippen LogP contribution in [0.3, 0.4) is 0 Å². The fourth-order valence-corrected chi connectivity index (χ4v) is 2.72. The Morgan fingerprint density at radius 2 is 1.21 bits per heavy atom. The monoisotopic (exact) mass is 402 g/mol. The van der Waals surface area contributed by atoms with E-state index in [1.54, 1.807) is 38.1 Å². The summed E-state index contributed by atoms with van der Waals surface area (Å²) in [7, 11) is 0. The van der Waals surface area contributed by atoms with Gasteiger partial charge in [0.2, 0.25) is 5.60 Å². The van der Waals surface area contributed by atoms with E-state index in [1.165, 1.54) is 0 Å². The summed E-state index contributed by atoms with van der Waals surface area (Å²) in [6, 6.07) is 13.0. The number of carbonyl (C=O) groups is 1. The molecule has 0 unspecified atom stereocenters. The maximum Gasteiger partial charge on any atom is 0.355 e. The van der Waals surface area contributed by atoms with Crippen molar-refractivity contribution in [2.75, 3.05) is 0 Å². The van der Waals surface area contributed by atoms with Crippen molar-refractivity contribution in [3.05, 3.63) is 58.6 Å². The normalized spacial score (nSPS) is 12.6. The zero-order valence-electron chi connectivity index (χ0n) is 18.1. The average Bonchev–Trinajstić information content (AvgIpc) is 2.55. The van der Waals surface area contributed by atoms with Gasteiger partial charge >= 0.3 is 5.97 Å². The fourth-order valence-electron chi connectivity index (χ4n) is 2.59. The van der Waals surface area contributed by atoms with E-state index in [-0.39, 0.29) is 10.8 Å². The highest BCUT2D eigenvalue weighted by Gasteiger charge is 2.33. The molecule has 0 saturated carbocycles. The Hall–Kier alpha value is -2.00. The molecule has 0 aromatic heterocycles. The van der Waals surface area contributed by atoms with Crippen molar-refractivity contribution in [1.82, 2.24) is 0 Å². The number of halogens is 1. The highest BCUT2D eigenvalue weighted by molar-refractivity contribution is 6.30. The predicted molar refractivity (Wildman–Crippen MR) is 116 cm³/mol. The van der Waals surface area contributed by atoms with Crippen LogP contribution in [0, 0.1) is 0 Å². The molecule has 2 aromatic carbocycles. The molecule has 2 aromatic rings. The SMILES string of the molecule is CC(C)(Oc1ccc(Cl)cc1)C(=O)Oc1cc(C(C)(C)C)cc(C(C)(C)C)c1. The number of esters is 1. The first kappa shape index (κ1) is 22.3. The third-order valence-corrected chi connectivity index (χ3v) is 4.78. The van der Waals surface area contributed by atoms with Crippen molar-refractivity contribution in [3.63, 3.8) is 0 Å². The molecule has 0 aliphatic rings. The number of hydrogen-bond acceptors (Lipinski definition) is 3. The Morgan fingerprint density at radius 1 is 0.750 bits per heavy atom. The van der Waals surface area contributed by atoms with Crippen LogP contribution in [0.1, 0.15) is 66.5 Å². The molecule has 0 amide bonds. The zero-order valence-corrected chi connectivity index (χ0v) is 18.9.